The largest absolute Gasteiger partial charge is 0.390 e. The first-order chi connectivity index (χ1) is 10.3. The number of benzene rings is 1. The van der Waals surface area contributed by atoms with Gasteiger partial charge >= 0.3 is 0 Å². The molecule has 1 aromatic carbocycles. The first kappa shape index (κ1) is 15.7. The molecule has 4 heteroatoms. The van der Waals surface area contributed by atoms with Crippen molar-refractivity contribution in [2.45, 2.75) is 32.4 Å². The summed E-state index contributed by atoms with van der Waals surface area (Å²) in [4.78, 5) is 6.31. The molecule has 0 saturated carbocycles. The van der Waals surface area contributed by atoms with Crippen LogP contribution in [0.5, 0.6) is 0 Å². The van der Waals surface area contributed by atoms with Gasteiger partial charge in [-0.25, -0.2) is 4.98 Å². The van der Waals surface area contributed by atoms with Gasteiger partial charge in [-0.2, -0.15) is 0 Å². The maximum absolute atomic E-state index is 10.1. The van der Waals surface area contributed by atoms with Crippen molar-refractivity contribution in [2.24, 2.45) is 0 Å². The Labute approximate surface area is 127 Å². The number of imidazole rings is 1. The van der Waals surface area contributed by atoms with E-state index in [0.717, 1.165) is 25.9 Å². The molecule has 2 aromatic rings. The summed E-state index contributed by atoms with van der Waals surface area (Å²) >= 11 is 0. The van der Waals surface area contributed by atoms with Crippen LogP contribution in [-0.2, 0) is 13.0 Å². The number of hydrogen-bond acceptors (Lipinski definition) is 3. The molecule has 0 fully saturated rings. The lowest BCUT2D eigenvalue weighted by Crippen LogP contribution is -2.35. The fourth-order valence-corrected chi connectivity index (χ4v) is 2.52. The van der Waals surface area contributed by atoms with Gasteiger partial charge in [0.05, 0.1) is 19.0 Å². The molecule has 0 radical (unpaired) electrons. The Morgan fingerprint density at radius 1 is 1.29 bits per heavy atom. The Kier molecular flexibility index (Phi) is 6.44. The highest BCUT2D eigenvalue weighted by molar-refractivity contribution is 5.14. The van der Waals surface area contributed by atoms with Gasteiger partial charge < -0.3 is 14.6 Å². The maximum atomic E-state index is 10.1. The van der Waals surface area contributed by atoms with Crippen LogP contribution in [0.1, 0.15) is 18.9 Å². The van der Waals surface area contributed by atoms with Crippen molar-refractivity contribution in [3.8, 4) is 0 Å². The SMILES string of the molecule is CCN(CCCc1ccccc1)CC(O)Cn1ccnc1. The van der Waals surface area contributed by atoms with Crippen LogP contribution in [0.2, 0.25) is 0 Å². The molecule has 4 nitrogen and oxygen atoms in total. The smallest absolute Gasteiger partial charge is 0.0946 e. The Morgan fingerprint density at radius 2 is 2.10 bits per heavy atom. The van der Waals surface area contributed by atoms with Crippen LogP contribution in [0.15, 0.2) is 49.1 Å². The summed E-state index contributed by atoms with van der Waals surface area (Å²) in [7, 11) is 0. The van der Waals surface area contributed by atoms with E-state index in [0.29, 0.717) is 13.1 Å². The Balaban J connectivity index is 1.70. The summed E-state index contributed by atoms with van der Waals surface area (Å²) in [6.07, 6.45) is 7.23. The summed E-state index contributed by atoms with van der Waals surface area (Å²) in [5.74, 6) is 0. The van der Waals surface area contributed by atoms with Crippen molar-refractivity contribution < 1.29 is 5.11 Å². The molecule has 21 heavy (non-hydrogen) atoms. The van der Waals surface area contributed by atoms with Crippen molar-refractivity contribution in [1.29, 1.82) is 0 Å². The predicted molar refractivity (Wildman–Crippen MR) is 85.1 cm³/mol. The Morgan fingerprint density at radius 3 is 2.76 bits per heavy atom. The predicted octanol–water partition coefficient (Wildman–Crippen LogP) is 2.20. The van der Waals surface area contributed by atoms with E-state index in [1.54, 1.807) is 12.5 Å². The minimum atomic E-state index is -0.351. The second-order valence-corrected chi connectivity index (χ2v) is 5.40. The van der Waals surface area contributed by atoms with E-state index in [-0.39, 0.29) is 6.10 Å². The van der Waals surface area contributed by atoms with E-state index in [9.17, 15) is 5.11 Å². The highest BCUT2D eigenvalue weighted by Crippen LogP contribution is 2.04. The highest BCUT2D eigenvalue weighted by Gasteiger charge is 2.10. The zero-order valence-electron chi connectivity index (χ0n) is 12.7. The molecule has 0 aliphatic carbocycles. The molecule has 1 unspecified atom stereocenters. The number of aliphatic hydroxyl groups excluding tert-OH is 1. The number of aryl methyl sites for hydroxylation is 1. The molecule has 114 valence electrons. The minimum Gasteiger partial charge on any atom is -0.390 e. The maximum Gasteiger partial charge on any atom is 0.0946 e. The molecule has 0 saturated heterocycles. The average Bonchev–Trinajstić information content (AvgIpc) is 3.00. The number of likely N-dealkylation sites (N-methyl/N-ethyl adjacent to an activating group) is 1. The van der Waals surface area contributed by atoms with Crippen molar-refractivity contribution in [2.75, 3.05) is 19.6 Å². The van der Waals surface area contributed by atoms with Crippen LogP contribution in [0, 0.1) is 0 Å². The summed E-state index contributed by atoms with van der Waals surface area (Å²) < 4.78 is 1.92. The quantitative estimate of drug-likeness (QED) is 0.769. The van der Waals surface area contributed by atoms with E-state index in [1.165, 1.54) is 5.56 Å². The highest BCUT2D eigenvalue weighted by atomic mass is 16.3. The lowest BCUT2D eigenvalue weighted by atomic mass is 10.1. The van der Waals surface area contributed by atoms with Crippen LogP contribution in [0.4, 0.5) is 0 Å². The van der Waals surface area contributed by atoms with Crippen LogP contribution in [0.3, 0.4) is 0 Å². The average molecular weight is 287 g/mol. The van der Waals surface area contributed by atoms with Gasteiger partial charge in [-0.3, -0.25) is 0 Å². The number of aromatic nitrogens is 2. The molecule has 1 aromatic heterocycles. The van der Waals surface area contributed by atoms with Crippen LogP contribution >= 0.6 is 0 Å². The zero-order valence-corrected chi connectivity index (χ0v) is 12.7. The normalized spacial score (nSPS) is 12.7. The lowest BCUT2D eigenvalue weighted by molar-refractivity contribution is 0.0998. The molecule has 1 atom stereocenters. The van der Waals surface area contributed by atoms with Crippen molar-refractivity contribution in [1.82, 2.24) is 14.5 Å². The van der Waals surface area contributed by atoms with Crippen LogP contribution in [0.25, 0.3) is 0 Å². The molecule has 0 bridgehead atoms. The van der Waals surface area contributed by atoms with Gasteiger partial charge in [0.1, 0.15) is 0 Å². The van der Waals surface area contributed by atoms with Crippen molar-refractivity contribution in [3.63, 3.8) is 0 Å². The third kappa shape index (κ3) is 5.69. The van der Waals surface area contributed by atoms with Gasteiger partial charge in [-0.1, -0.05) is 37.3 Å². The molecule has 0 amide bonds. The van der Waals surface area contributed by atoms with Crippen LogP contribution in [-0.4, -0.2) is 45.3 Å². The summed E-state index contributed by atoms with van der Waals surface area (Å²) in [5, 5.41) is 10.1. The third-order valence-corrected chi connectivity index (χ3v) is 3.68. The van der Waals surface area contributed by atoms with Gasteiger partial charge in [0.25, 0.3) is 0 Å². The lowest BCUT2D eigenvalue weighted by Gasteiger charge is -2.23. The van der Waals surface area contributed by atoms with Crippen molar-refractivity contribution >= 4 is 0 Å². The van der Waals surface area contributed by atoms with Gasteiger partial charge in [0.2, 0.25) is 0 Å². The molecule has 2 rings (SSSR count). The van der Waals surface area contributed by atoms with Crippen LogP contribution < -0.4 is 0 Å². The zero-order chi connectivity index (χ0) is 14.9. The fraction of sp³-hybridized carbons (Fsp3) is 0.471. The van der Waals surface area contributed by atoms with Gasteiger partial charge in [-0.15, -0.1) is 0 Å². The summed E-state index contributed by atoms with van der Waals surface area (Å²) in [6.45, 7) is 5.45. The molecule has 0 spiro atoms. The summed E-state index contributed by atoms with van der Waals surface area (Å²) in [6, 6.07) is 10.6. The molecular weight excluding hydrogens is 262 g/mol. The standard InChI is InChI=1S/C17H25N3O/c1-2-19(11-6-9-16-7-4-3-5-8-16)13-17(21)14-20-12-10-18-15-20/h3-5,7-8,10,12,15,17,21H,2,6,9,11,13-14H2,1H3. The van der Waals surface area contributed by atoms with Gasteiger partial charge in [-0.05, 0) is 31.5 Å². The van der Waals surface area contributed by atoms with E-state index in [1.807, 2.05) is 16.8 Å². The van der Waals surface area contributed by atoms with Gasteiger partial charge in [0, 0.05) is 18.9 Å². The third-order valence-electron chi connectivity index (χ3n) is 3.68. The van der Waals surface area contributed by atoms with E-state index < -0.39 is 0 Å². The molecule has 1 heterocycles. The molecule has 1 N–H and O–H groups in total. The number of aliphatic hydroxyl groups is 1. The molecule has 0 aliphatic rings. The second kappa shape index (κ2) is 8.60. The number of hydrogen-bond donors (Lipinski definition) is 1. The van der Waals surface area contributed by atoms with Crippen molar-refractivity contribution in [3.05, 3.63) is 54.6 Å². The first-order valence-electron chi connectivity index (χ1n) is 7.68. The van der Waals surface area contributed by atoms with E-state index in [4.69, 9.17) is 0 Å². The Hall–Kier alpha value is -1.65. The monoisotopic (exact) mass is 287 g/mol. The second-order valence-electron chi connectivity index (χ2n) is 5.40. The van der Waals surface area contributed by atoms with E-state index in [2.05, 4.69) is 41.1 Å². The van der Waals surface area contributed by atoms with E-state index >= 15 is 0 Å². The number of rotatable bonds is 9. The Bertz CT molecular complexity index is 484. The molecule has 0 aliphatic heterocycles. The number of nitrogens with zero attached hydrogens (tertiary/aromatic N) is 3. The minimum absolute atomic E-state index is 0.351. The fourth-order valence-electron chi connectivity index (χ4n) is 2.52. The molecular formula is C17H25N3O. The first-order valence-corrected chi connectivity index (χ1v) is 7.68. The topological polar surface area (TPSA) is 41.3 Å². The summed E-state index contributed by atoms with van der Waals surface area (Å²) in [5.41, 5.74) is 1.38. The van der Waals surface area contributed by atoms with Gasteiger partial charge in [0.15, 0.2) is 0 Å².